The second kappa shape index (κ2) is 10.2. The number of anilines is 1. The average Bonchev–Trinajstić information content (AvgIpc) is 3.18. The number of ether oxygens (including phenoxy) is 3. The third-order valence-electron chi connectivity index (χ3n) is 6.48. The van der Waals surface area contributed by atoms with Gasteiger partial charge >= 0.3 is 5.97 Å². The summed E-state index contributed by atoms with van der Waals surface area (Å²) >= 11 is 0. The van der Waals surface area contributed by atoms with Crippen LogP contribution >= 0.6 is 0 Å². The summed E-state index contributed by atoms with van der Waals surface area (Å²) in [6.45, 7) is 7.59. The molecule has 9 heteroatoms. The van der Waals surface area contributed by atoms with Crippen molar-refractivity contribution in [3.63, 3.8) is 0 Å². The second-order valence-electron chi connectivity index (χ2n) is 8.57. The molecule has 0 amide bonds. The van der Waals surface area contributed by atoms with Gasteiger partial charge in [0, 0.05) is 16.8 Å². The van der Waals surface area contributed by atoms with Crippen molar-refractivity contribution in [2.45, 2.75) is 32.6 Å². The molecule has 0 unspecified atom stereocenters. The van der Waals surface area contributed by atoms with Gasteiger partial charge in [-0.25, -0.2) is 13.2 Å². The molecule has 1 N–H and O–H groups in total. The average molecular weight is 523 g/mol. The number of nitrogens with one attached hydrogen (secondary N) is 1. The molecule has 3 aromatic carbocycles. The van der Waals surface area contributed by atoms with E-state index in [1.807, 2.05) is 49.6 Å². The van der Waals surface area contributed by atoms with Crippen molar-refractivity contribution in [2.75, 3.05) is 25.5 Å². The molecule has 0 aliphatic rings. The monoisotopic (exact) mass is 522 g/mol. The molecule has 0 aliphatic heterocycles. The number of esters is 1. The van der Waals surface area contributed by atoms with E-state index in [1.54, 1.807) is 32.2 Å². The molecular formula is C28H30N2O6S. The van der Waals surface area contributed by atoms with Gasteiger partial charge in [0.25, 0.3) is 10.0 Å². The number of nitrogens with zero attached hydrogens (tertiary/aromatic N) is 1. The quantitative estimate of drug-likeness (QED) is 0.305. The lowest BCUT2D eigenvalue weighted by Crippen LogP contribution is -2.14. The fraction of sp³-hybridized carbons (Fsp3) is 0.250. The first-order chi connectivity index (χ1) is 17.6. The van der Waals surface area contributed by atoms with E-state index in [9.17, 15) is 13.2 Å². The lowest BCUT2D eigenvalue weighted by molar-refractivity contribution is 0.0527. The molecular weight excluding hydrogens is 492 g/mol. The Bertz CT molecular complexity index is 1570. The van der Waals surface area contributed by atoms with Gasteiger partial charge in [0.15, 0.2) is 0 Å². The zero-order chi connectivity index (χ0) is 26.9. The first-order valence-electron chi connectivity index (χ1n) is 11.8. The molecule has 0 aliphatic carbocycles. The van der Waals surface area contributed by atoms with Crippen LogP contribution in [0.2, 0.25) is 0 Å². The first-order valence-corrected chi connectivity index (χ1v) is 13.2. The van der Waals surface area contributed by atoms with Gasteiger partial charge in [-0.3, -0.25) is 4.72 Å². The minimum absolute atomic E-state index is 0.100. The second-order valence-corrected chi connectivity index (χ2v) is 10.2. The summed E-state index contributed by atoms with van der Waals surface area (Å²) in [4.78, 5) is 13.2. The van der Waals surface area contributed by atoms with Gasteiger partial charge in [0.1, 0.15) is 11.5 Å². The maximum Gasteiger partial charge on any atom is 0.340 e. The number of hydrogen-bond acceptors (Lipinski definition) is 6. The van der Waals surface area contributed by atoms with E-state index >= 15 is 0 Å². The third kappa shape index (κ3) is 4.74. The van der Waals surface area contributed by atoms with Crippen molar-refractivity contribution in [1.82, 2.24) is 4.57 Å². The highest BCUT2D eigenvalue weighted by Crippen LogP contribution is 2.37. The number of hydrogen-bond donors (Lipinski definition) is 1. The molecule has 37 heavy (non-hydrogen) atoms. The fourth-order valence-electron chi connectivity index (χ4n) is 4.44. The van der Waals surface area contributed by atoms with Crippen molar-refractivity contribution < 1.29 is 27.4 Å². The number of rotatable bonds is 8. The topological polar surface area (TPSA) is 95.9 Å². The van der Waals surface area contributed by atoms with E-state index in [0.29, 0.717) is 33.8 Å². The molecule has 0 radical (unpaired) electrons. The maximum atomic E-state index is 13.2. The Morgan fingerprint density at radius 2 is 1.46 bits per heavy atom. The minimum Gasteiger partial charge on any atom is -0.497 e. The van der Waals surface area contributed by atoms with Gasteiger partial charge < -0.3 is 18.8 Å². The van der Waals surface area contributed by atoms with Crippen molar-refractivity contribution >= 4 is 32.6 Å². The van der Waals surface area contributed by atoms with Crippen LogP contribution in [-0.4, -0.2) is 39.8 Å². The summed E-state index contributed by atoms with van der Waals surface area (Å²) in [6.07, 6.45) is 0. The smallest absolute Gasteiger partial charge is 0.340 e. The van der Waals surface area contributed by atoms with Crippen molar-refractivity contribution in [2.24, 2.45) is 0 Å². The summed E-state index contributed by atoms with van der Waals surface area (Å²) in [5.74, 6) is 0.804. The summed E-state index contributed by atoms with van der Waals surface area (Å²) in [5.41, 5.74) is 4.69. The Morgan fingerprint density at radius 3 is 2.00 bits per heavy atom. The Morgan fingerprint density at radius 1 is 0.892 bits per heavy atom. The Kier molecular flexibility index (Phi) is 7.18. The SMILES string of the molecule is CCOC(=O)c1c(C)n(-c2ccc(OC)cc2)c2c(C)c(C)c(NS(=O)(=O)c3ccc(OC)cc3)cc12. The number of fused-ring (bicyclic) bond motifs is 1. The van der Waals surface area contributed by atoms with Gasteiger partial charge in [-0.05, 0) is 93.4 Å². The summed E-state index contributed by atoms with van der Waals surface area (Å²) in [6, 6.07) is 15.4. The first kappa shape index (κ1) is 26.1. The highest BCUT2D eigenvalue weighted by molar-refractivity contribution is 7.92. The number of carbonyl (C=O) groups excluding carboxylic acids is 1. The van der Waals surface area contributed by atoms with Gasteiger partial charge in [-0.1, -0.05) is 0 Å². The Hall–Kier alpha value is -3.98. The molecule has 4 rings (SSSR count). The molecule has 0 saturated heterocycles. The number of methoxy groups -OCH3 is 2. The van der Waals surface area contributed by atoms with Crippen LogP contribution in [0.1, 0.15) is 34.1 Å². The number of aryl methyl sites for hydroxylation is 1. The maximum absolute atomic E-state index is 13.2. The van der Waals surface area contributed by atoms with Crippen LogP contribution in [0.4, 0.5) is 5.69 Å². The Labute approximate surface area is 216 Å². The van der Waals surface area contributed by atoms with Crippen LogP contribution in [0.5, 0.6) is 11.5 Å². The van der Waals surface area contributed by atoms with Crippen molar-refractivity contribution in [3.8, 4) is 17.2 Å². The van der Waals surface area contributed by atoms with Gasteiger partial charge in [-0.2, -0.15) is 0 Å². The highest BCUT2D eigenvalue weighted by atomic mass is 32.2. The highest BCUT2D eigenvalue weighted by Gasteiger charge is 2.26. The molecule has 1 heterocycles. The third-order valence-corrected chi connectivity index (χ3v) is 7.86. The fourth-order valence-corrected chi connectivity index (χ4v) is 5.55. The van der Waals surface area contributed by atoms with Gasteiger partial charge in [0.05, 0.1) is 42.5 Å². The summed E-state index contributed by atoms with van der Waals surface area (Å²) in [7, 11) is -0.774. The minimum atomic E-state index is -3.90. The number of aromatic nitrogens is 1. The van der Waals surface area contributed by atoms with E-state index in [4.69, 9.17) is 14.2 Å². The normalized spacial score (nSPS) is 11.4. The predicted octanol–water partition coefficient (Wildman–Crippen LogP) is 5.55. The van der Waals surface area contributed by atoms with E-state index in [-0.39, 0.29) is 11.5 Å². The zero-order valence-electron chi connectivity index (χ0n) is 21.7. The van der Waals surface area contributed by atoms with E-state index in [1.165, 1.54) is 19.2 Å². The van der Waals surface area contributed by atoms with Gasteiger partial charge in [-0.15, -0.1) is 0 Å². The molecule has 8 nitrogen and oxygen atoms in total. The lowest BCUT2D eigenvalue weighted by atomic mass is 10.0. The van der Waals surface area contributed by atoms with E-state index in [0.717, 1.165) is 22.3 Å². The molecule has 0 fully saturated rings. The van der Waals surface area contributed by atoms with Crippen LogP contribution in [0.25, 0.3) is 16.6 Å². The van der Waals surface area contributed by atoms with Crippen LogP contribution in [-0.2, 0) is 14.8 Å². The number of carbonyl (C=O) groups is 1. The molecule has 1 aromatic heterocycles. The van der Waals surface area contributed by atoms with Crippen molar-refractivity contribution in [1.29, 1.82) is 0 Å². The molecule has 194 valence electrons. The van der Waals surface area contributed by atoms with E-state index in [2.05, 4.69) is 4.72 Å². The van der Waals surface area contributed by atoms with Crippen LogP contribution < -0.4 is 14.2 Å². The lowest BCUT2D eigenvalue weighted by Gasteiger charge is -2.16. The Balaban J connectivity index is 1.93. The standard InChI is InChI=1S/C28H30N2O6S/c1-7-36-28(31)26-19(4)30(20-8-10-21(34-5)11-9-20)27-18(3)17(2)25(16-24(26)27)29-37(32,33)23-14-12-22(35-6)13-15-23/h8-16,29H,7H2,1-6H3. The van der Waals surface area contributed by atoms with E-state index < -0.39 is 16.0 Å². The predicted molar refractivity (Wildman–Crippen MR) is 144 cm³/mol. The van der Waals surface area contributed by atoms with Crippen LogP contribution in [0, 0.1) is 20.8 Å². The molecule has 0 spiro atoms. The van der Waals surface area contributed by atoms with Crippen molar-refractivity contribution in [3.05, 3.63) is 77.0 Å². The number of benzene rings is 3. The largest absolute Gasteiger partial charge is 0.497 e. The summed E-state index contributed by atoms with van der Waals surface area (Å²) in [5, 5.41) is 0.599. The molecule has 4 aromatic rings. The molecule has 0 saturated carbocycles. The summed E-state index contributed by atoms with van der Waals surface area (Å²) < 4.78 is 46.9. The number of sulfonamides is 1. The van der Waals surface area contributed by atoms with Gasteiger partial charge in [0.2, 0.25) is 0 Å². The van der Waals surface area contributed by atoms with Crippen LogP contribution in [0.3, 0.4) is 0 Å². The zero-order valence-corrected chi connectivity index (χ0v) is 22.5. The molecule has 0 bridgehead atoms. The van der Waals surface area contributed by atoms with Crippen LogP contribution in [0.15, 0.2) is 59.5 Å². The molecule has 0 atom stereocenters.